The molecule has 0 aliphatic carbocycles. The van der Waals surface area contributed by atoms with E-state index in [4.69, 9.17) is 9.84 Å². The first kappa shape index (κ1) is 15.9. The Balaban J connectivity index is 3.88. The quantitative estimate of drug-likeness (QED) is 0.318. The summed E-state index contributed by atoms with van der Waals surface area (Å²) in [5.41, 5.74) is 0. The van der Waals surface area contributed by atoms with Crippen molar-refractivity contribution < 1.29 is 29.0 Å². The van der Waals surface area contributed by atoms with E-state index in [2.05, 4.69) is 20.1 Å². The minimum atomic E-state index is -1.05. The predicted molar refractivity (Wildman–Crippen MR) is 58.4 cm³/mol. The Labute approximate surface area is 104 Å². The molecule has 0 aliphatic heterocycles. The van der Waals surface area contributed by atoms with Gasteiger partial charge in [-0.1, -0.05) is 0 Å². The molecule has 104 valence electrons. The van der Waals surface area contributed by atoms with Crippen LogP contribution in [-0.4, -0.2) is 48.2 Å². The van der Waals surface area contributed by atoms with E-state index in [-0.39, 0.29) is 12.6 Å². The fourth-order valence-electron chi connectivity index (χ4n) is 0.754. The van der Waals surface area contributed by atoms with Gasteiger partial charge in [0.15, 0.2) is 0 Å². The Morgan fingerprint density at radius 2 is 1.89 bits per heavy atom. The average Bonchev–Trinajstić information content (AvgIpc) is 2.13. The van der Waals surface area contributed by atoms with Gasteiger partial charge in [-0.05, 0) is 19.1 Å². The molecular formula is C9H17N3O6. The van der Waals surface area contributed by atoms with Crippen LogP contribution < -0.4 is 0 Å². The second-order valence-corrected chi connectivity index (χ2v) is 3.59. The number of carbonyl (C=O) groups excluding carboxylic acids is 1. The van der Waals surface area contributed by atoms with Gasteiger partial charge >= 0.3 is 12.1 Å². The van der Waals surface area contributed by atoms with Crippen molar-refractivity contribution in [3.8, 4) is 0 Å². The molecule has 0 spiro atoms. The van der Waals surface area contributed by atoms with Crippen molar-refractivity contribution in [2.75, 3.05) is 13.6 Å². The maximum absolute atomic E-state index is 11.0. The SMILES string of the molecule is CC(C)OC(=O)OC(C)O/N=N\N(C)CC(=O)O. The number of nitrogens with zero attached hydrogens (tertiary/aromatic N) is 3. The van der Waals surface area contributed by atoms with Crippen molar-refractivity contribution >= 4 is 12.1 Å². The standard InChI is InChI=1S/C9H17N3O6/c1-6(2)16-9(15)17-7(3)18-11-10-12(4)5-8(13)14/h6-7H,5H2,1-4H3,(H,13,14)/b11-10-. The van der Waals surface area contributed by atoms with E-state index in [0.29, 0.717) is 0 Å². The molecule has 1 atom stereocenters. The van der Waals surface area contributed by atoms with Crippen molar-refractivity contribution in [3.63, 3.8) is 0 Å². The molecule has 0 saturated carbocycles. The van der Waals surface area contributed by atoms with E-state index in [1.165, 1.54) is 14.0 Å². The molecule has 9 heteroatoms. The lowest BCUT2D eigenvalue weighted by Gasteiger charge is -2.12. The minimum absolute atomic E-state index is 0.298. The maximum atomic E-state index is 11.0. The molecule has 0 aliphatic rings. The van der Waals surface area contributed by atoms with E-state index >= 15 is 0 Å². The molecule has 0 fully saturated rings. The van der Waals surface area contributed by atoms with E-state index in [1.807, 2.05) is 0 Å². The van der Waals surface area contributed by atoms with Gasteiger partial charge in [0.05, 0.1) is 6.10 Å². The fraction of sp³-hybridized carbons (Fsp3) is 0.778. The van der Waals surface area contributed by atoms with Crippen LogP contribution in [0.2, 0.25) is 0 Å². The van der Waals surface area contributed by atoms with Gasteiger partial charge in [-0.2, -0.15) is 0 Å². The van der Waals surface area contributed by atoms with E-state index in [0.717, 1.165) is 5.01 Å². The number of hydrogen-bond acceptors (Lipinski definition) is 7. The molecule has 0 amide bonds. The minimum Gasteiger partial charge on any atom is -0.480 e. The Bertz CT molecular complexity index is 307. The van der Waals surface area contributed by atoms with Crippen molar-refractivity contribution in [1.29, 1.82) is 0 Å². The van der Waals surface area contributed by atoms with Gasteiger partial charge in [-0.25, -0.2) is 4.79 Å². The highest BCUT2D eigenvalue weighted by Crippen LogP contribution is 2.00. The maximum Gasteiger partial charge on any atom is 0.511 e. The monoisotopic (exact) mass is 263 g/mol. The zero-order valence-electron chi connectivity index (χ0n) is 10.7. The summed E-state index contributed by atoms with van der Waals surface area (Å²) in [6.07, 6.45) is -2.17. The summed E-state index contributed by atoms with van der Waals surface area (Å²) in [5, 5.41) is 16.1. The van der Waals surface area contributed by atoms with Crippen LogP contribution in [0.1, 0.15) is 20.8 Å². The lowest BCUT2D eigenvalue weighted by Crippen LogP contribution is -2.21. The highest BCUT2D eigenvalue weighted by atomic mass is 16.8. The molecule has 9 nitrogen and oxygen atoms in total. The topological polar surface area (TPSA) is 110 Å². The van der Waals surface area contributed by atoms with Crippen LogP contribution in [0.25, 0.3) is 0 Å². The molecule has 0 aromatic rings. The van der Waals surface area contributed by atoms with Crippen molar-refractivity contribution in [2.24, 2.45) is 10.5 Å². The second-order valence-electron chi connectivity index (χ2n) is 3.59. The summed E-state index contributed by atoms with van der Waals surface area (Å²) in [6, 6.07) is 0. The lowest BCUT2D eigenvalue weighted by atomic mass is 10.5. The zero-order chi connectivity index (χ0) is 14.1. The normalized spacial score (nSPS) is 12.3. The zero-order valence-corrected chi connectivity index (χ0v) is 10.7. The third-order valence-electron chi connectivity index (χ3n) is 1.34. The first-order chi connectivity index (χ1) is 8.31. The van der Waals surface area contributed by atoms with Gasteiger partial charge in [0, 0.05) is 19.2 Å². The molecule has 0 heterocycles. The third kappa shape index (κ3) is 9.19. The fourth-order valence-corrected chi connectivity index (χ4v) is 0.754. The summed E-state index contributed by atoms with van der Waals surface area (Å²) in [4.78, 5) is 26.0. The number of carbonyl (C=O) groups is 2. The molecule has 0 bridgehead atoms. The van der Waals surface area contributed by atoms with Crippen LogP contribution in [-0.2, 0) is 19.1 Å². The number of hydrogen-bond donors (Lipinski definition) is 1. The van der Waals surface area contributed by atoms with Crippen LogP contribution in [0.4, 0.5) is 4.79 Å². The van der Waals surface area contributed by atoms with Gasteiger partial charge in [-0.15, -0.1) is 0 Å². The summed E-state index contributed by atoms with van der Waals surface area (Å²) >= 11 is 0. The van der Waals surface area contributed by atoms with Crippen LogP contribution in [0.15, 0.2) is 10.5 Å². The number of likely N-dealkylation sites (N-methyl/N-ethyl adjacent to an activating group) is 1. The molecule has 18 heavy (non-hydrogen) atoms. The summed E-state index contributed by atoms with van der Waals surface area (Å²) in [6.45, 7) is 4.44. The summed E-state index contributed by atoms with van der Waals surface area (Å²) in [5.74, 6) is -1.05. The van der Waals surface area contributed by atoms with Gasteiger partial charge in [0.1, 0.15) is 6.54 Å². The van der Waals surface area contributed by atoms with Gasteiger partial charge in [0.2, 0.25) is 0 Å². The molecule has 0 radical (unpaired) electrons. The van der Waals surface area contributed by atoms with Crippen LogP contribution >= 0.6 is 0 Å². The van der Waals surface area contributed by atoms with E-state index in [9.17, 15) is 9.59 Å². The van der Waals surface area contributed by atoms with Crippen molar-refractivity contribution in [3.05, 3.63) is 0 Å². The second kappa shape index (κ2) is 8.09. The van der Waals surface area contributed by atoms with Crippen molar-refractivity contribution in [2.45, 2.75) is 33.2 Å². The molecule has 1 unspecified atom stereocenters. The number of carboxylic acids is 1. The molecular weight excluding hydrogens is 246 g/mol. The van der Waals surface area contributed by atoms with E-state index in [1.54, 1.807) is 13.8 Å². The van der Waals surface area contributed by atoms with Crippen molar-refractivity contribution in [1.82, 2.24) is 5.01 Å². The first-order valence-corrected chi connectivity index (χ1v) is 5.18. The van der Waals surface area contributed by atoms with Gasteiger partial charge in [-0.3, -0.25) is 9.80 Å². The molecule has 0 aromatic heterocycles. The van der Waals surface area contributed by atoms with Crippen LogP contribution in [0.3, 0.4) is 0 Å². The van der Waals surface area contributed by atoms with Crippen LogP contribution in [0, 0.1) is 0 Å². The molecule has 0 aromatic carbocycles. The largest absolute Gasteiger partial charge is 0.511 e. The predicted octanol–water partition coefficient (Wildman–Crippen LogP) is 1.21. The Hall–Kier alpha value is -2.06. The highest BCUT2D eigenvalue weighted by molar-refractivity contribution is 5.68. The van der Waals surface area contributed by atoms with Crippen LogP contribution in [0.5, 0.6) is 0 Å². The Morgan fingerprint density at radius 1 is 1.28 bits per heavy atom. The number of ether oxygens (including phenoxy) is 2. The highest BCUT2D eigenvalue weighted by Gasteiger charge is 2.12. The number of rotatable bonds is 7. The van der Waals surface area contributed by atoms with Gasteiger partial charge in [0.25, 0.3) is 6.29 Å². The lowest BCUT2D eigenvalue weighted by molar-refractivity contribution is -0.139. The molecule has 0 saturated heterocycles. The molecule has 0 rings (SSSR count). The number of aliphatic carboxylic acids is 1. The summed E-state index contributed by atoms with van der Waals surface area (Å²) < 4.78 is 9.35. The summed E-state index contributed by atoms with van der Waals surface area (Å²) in [7, 11) is 1.40. The smallest absolute Gasteiger partial charge is 0.480 e. The molecule has 1 N–H and O–H groups in total. The average molecular weight is 263 g/mol. The Kier molecular flexibility index (Phi) is 7.17. The van der Waals surface area contributed by atoms with Gasteiger partial charge < -0.3 is 19.4 Å². The first-order valence-electron chi connectivity index (χ1n) is 5.18. The number of carboxylic acid groups (broad SMARTS) is 1. The third-order valence-corrected chi connectivity index (χ3v) is 1.34. The van der Waals surface area contributed by atoms with E-state index < -0.39 is 18.4 Å². The Morgan fingerprint density at radius 3 is 2.39 bits per heavy atom.